The van der Waals surface area contributed by atoms with Crippen molar-refractivity contribution >= 4 is 34.2 Å². The Balaban J connectivity index is 1.34. The number of H-pyrrole nitrogens is 1. The molecule has 1 aliphatic rings. The molecule has 0 spiro atoms. The third kappa shape index (κ3) is 3.98. The van der Waals surface area contributed by atoms with Gasteiger partial charge >= 0.3 is 5.69 Å². The zero-order chi connectivity index (χ0) is 19.7. The summed E-state index contributed by atoms with van der Waals surface area (Å²) in [6, 6.07) is 12.9. The number of imidazole rings is 1. The zero-order valence-corrected chi connectivity index (χ0v) is 17.0. The maximum atomic E-state index is 12.2. The van der Waals surface area contributed by atoms with E-state index < -0.39 is 5.60 Å². The van der Waals surface area contributed by atoms with Crippen LogP contribution < -0.4 is 5.69 Å². The van der Waals surface area contributed by atoms with Gasteiger partial charge in [0, 0.05) is 29.7 Å². The van der Waals surface area contributed by atoms with E-state index in [4.69, 9.17) is 23.2 Å². The van der Waals surface area contributed by atoms with Crippen LogP contribution in [0, 0.1) is 0 Å². The van der Waals surface area contributed by atoms with E-state index in [0.29, 0.717) is 29.4 Å². The number of aryl methyl sites for hydroxylation is 1. The minimum atomic E-state index is -0.786. The summed E-state index contributed by atoms with van der Waals surface area (Å²) >= 11 is 12.0. The normalized spacial score (nSPS) is 17.2. The number of aromatic nitrogens is 2. The predicted molar refractivity (Wildman–Crippen MR) is 113 cm³/mol. The monoisotopic (exact) mass is 419 g/mol. The number of nitrogens with zero attached hydrogens (tertiary/aromatic N) is 2. The van der Waals surface area contributed by atoms with Gasteiger partial charge in [0.25, 0.3) is 0 Å². The number of hydrogen-bond acceptors (Lipinski definition) is 3. The van der Waals surface area contributed by atoms with Crippen LogP contribution in [0.1, 0.15) is 24.8 Å². The number of piperidine rings is 1. The minimum absolute atomic E-state index is 0.104. The zero-order valence-electron chi connectivity index (χ0n) is 15.5. The van der Waals surface area contributed by atoms with Crippen molar-refractivity contribution in [1.29, 1.82) is 0 Å². The Bertz CT molecular complexity index is 1020. The number of fused-ring (bicyclic) bond motifs is 1. The van der Waals surface area contributed by atoms with Crippen molar-refractivity contribution in [1.82, 2.24) is 14.5 Å². The number of aromatic amines is 1. The second-order valence-electron chi connectivity index (χ2n) is 7.48. The minimum Gasteiger partial charge on any atom is -0.385 e. The summed E-state index contributed by atoms with van der Waals surface area (Å²) < 4.78 is 1.75. The van der Waals surface area contributed by atoms with E-state index in [0.717, 1.165) is 42.7 Å². The maximum Gasteiger partial charge on any atom is 0.326 e. The van der Waals surface area contributed by atoms with E-state index in [-0.39, 0.29) is 5.69 Å². The van der Waals surface area contributed by atoms with Crippen molar-refractivity contribution in [2.45, 2.75) is 31.4 Å². The smallest absolute Gasteiger partial charge is 0.326 e. The fraction of sp³-hybridized carbons (Fsp3) is 0.381. The van der Waals surface area contributed by atoms with Gasteiger partial charge in [-0.3, -0.25) is 4.57 Å². The first-order valence-electron chi connectivity index (χ1n) is 9.53. The second-order valence-corrected chi connectivity index (χ2v) is 8.35. The number of likely N-dealkylation sites (tertiary alicyclic amines) is 1. The number of aliphatic hydroxyl groups is 1. The van der Waals surface area contributed by atoms with Crippen LogP contribution in [0.2, 0.25) is 10.0 Å². The Morgan fingerprint density at radius 3 is 2.39 bits per heavy atom. The van der Waals surface area contributed by atoms with E-state index in [1.165, 1.54) is 0 Å². The highest BCUT2D eigenvalue weighted by molar-refractivity contribution is 6.31. The Hall–Kier alpha value is -1.79. The summed E-state index contributed by atoms with van der Waals surface area (Å²) in [7, 11) is 0. The molecule has 7 heteroatoms. The molecule has 28 heavy (non-hydrogen) atoms. The Morgan fingerprint density at radius 2 is 1.68 bits per heavy atom. The first-order valence-corrected chi connectivity index (χ1v) is 10.3. The number of halogens is 2. The molecule has 0 radical (unpaired) electrons. The molecule has 0 amide bonds. The van der Waals surface area contributed by atoms with Gasteiger partial charge in [0.05, 0.1) is 16.6 Å². The van der Waals surface area contributed by atoms with Gasteiger partial charge in [-0.05, 0) is 61.7 Å². The third-order valence-corrected chi connectivity index (χ3v) is 6.15. The SMILES string of the molecule is O=c1[nH]c2ccc(Cl)cc2n1CCCN1CCC(O)(c2ccc(Cl)cc2)CC1. The van der Waals surface area contributed by atoms with Gasteiger partial charge in [-0.2, -0.15) is 0 Å². The molecule has 0 atom stereocenters. The van der Waals surface area contributed by atoms with Crippen LogP contribution in [0.15, 0.2) is 47.3 Å². The lowest BCUT2D eigenvalue weighted by molar-refractivity contribution is -0.0261. The van der Waals surface area contributed by atoms with Crippen LogP contribution in [0.3, 0.4) is 0 Å². The van der Waals surface area contributed by atoms with Gasteiger partial charge in [-0.25, -0.2) is 4.79 Å². The molecule has 3 aromatic rings. The number of hydrogen-bond donors (Lipinski definition) is 2. The Morgan fingerprint density at radius 1 is 1.00 bits per heavy atom. The molecule has 1 fully saturated rings. The molecule has 148 valence electrons. The molecule has 1 saturated heterocycles. The molecule has 2 N–H and O–H groups in total. The molecule has 1 aliphatic heterocycles. The van der Waals surface area contributed by atoms with E-state index in [9.17, 15) is 9.90 Å². The summed E-state index contributed by atoms with van der Waals surface area (Å²) in [5, 5.41) is 12.3. The molecule has 2 heterocycles. The number of benzene rings is 2. The summed E-state index contributed by atoms with van der Waals surface area (Å²) in [6.07, 6.45) is 2.24. The van der Waals surface area contributed by atoms with Crippen LogP contribution in [0.4, 0.5) is 0 Å². The number of rotatable bonds is 5. The van der Waals surface area contributed by atoms with Gasteiger partial charge in [-0.1, -0.05) is 35.3 Å². The standard InChI is InChI=1S/C21H23Cl2N3O2/c22-16-4-2-15(3-5-16)21(28)8-12-25(13-9-21)10-1-11-26-19-14-17(23)6-7-18(19)24-20(26)27/h2-7,14,28H,1,8-13H2,(H,24,27). The van der Waals surface area contributed by atoms with Gasteiger partial charge in [0.1, 0.15) is 0 Å². The molecule has 4 rings (SSSR count). The largest absolute Gasteiger partial charge is 0.385 e. The molecular weight excluding hydrogens is 397 g/mol. The fourth-order valence-corrected chi connectivity index (χ4v) is 4.29. The summed E-state index contributed by atoms with van der Waals surface area (Å²) in [4.78, 5) is 17.4. The maximum absolute atomic E-state index is 12.2. The molecule has 2 aromatic carbocycles. The third-order valence-electron chi connectivity index (χ3n) is 5.66. The van der Waals surface area contributed by atoms with Gasteiger partial charge in [-0.15, -0.1) is 0 Å². The Kier molecular flexibility index (Phi) is 5.52. The molecule has 0 saturated carbocycles. The lowest BCUT2D eigenvalue weighted by Crippen LogP contribution is -2.43. The van der Waals surface area contributed by atoms with E-state index in [1.54, 1.807) is 10.6 Å². The first-order chi connectivity index (χ1) is 13.4. The van der Waals surface area contributed by atoms with Crippen LogP contribution in [-0.4, -0.2) is 39.2 Å². The second kappa shape index (κ2) is 7.91. The number of nitrogens with one attached hydrogen (secondary N) is 1. The van der Waals surface area contributed by atoms with Gasteiger partial charge in [0.15, 0.2) is 0 Å². The summed E-state index contributed by atoms with van der Waals surface area (Å²) in [5.74, 6) is 0. The van der Waals surface area contributed by atoms with Crippen LogP contribution in [-0.2, 0) is 12.1 Å². The molecular formula is C21H23Cl2N3O2. The van der Waals surface area contributed by atoms with E-state index in [2.05, 4.69) is 9.88 Å². The van der Waals surface area contributed by atoms with Crippen LogP contribution >= 0.6 is 23.2 Å². The van der Waals surface area contributed by atoms with Gasteiger partial charge < -0.3 is 15.0 Å². The highest BCUT2D eigenvalue weighted by Gasteiger charge is 2.33. The van der Waals surface area contributed by atoms with Crippen molar-refractivity contribution in [2.24, 2.45) is 0 Å². The van der Waals surface area contributed by atoms with Crippen molar-refractivity contribution in [3.05, 3.63) is 68.6 Å². The quantitative estimate of drug-likeness (QED) is 0.656. The average molecular weight is 420 g/mol. The summed E-state index contributed by atoms with van der Waals surface area (Å²) in [5.41, 5.74) is 1.69. The molecule has 1 aromatic heterocycles. The van der Waals surface area contributed by atoms with Gasteiger partial charge in [0.2, 0.25) is 0 Å². The molecule has 0 bridgehead atoms. The fourth-order valence-electron chi connectivity index (χ4n) is 4.00. The lowest BCUT2D eigenvalue weighted by atomic mass is 9.84. The average Bonchev–Trinajstić information content (AvgIpc) is 2.99. The van der Waals surface area contributed by atoms with E-state index >= 15 is 0 Å². The van der Waals surface area contributed by atoms with Crippen molar-refractivity contribution < 1.29 is 5.11 Å². The van der Waals surface area contributed by atoms with E-state index in [1.807, 2.05) is 36.4 Å². The highest BCUT2D eigenvalue weighted by atomic mass is 35.5. The summed E-state index contributed by atoms with van der Waals surface area (Å²) in [6.45, 7) is 3.18. The van der Waals surface area contributed by atoms with Crippen molar-refractivity contribution in [2.75, 3.05) is 19.6 Å². The Labute approximate surface area is 173 Å². The highest BCUT2D eigenvalue weighted by Crippen LogP contribution is 2.33. The topological polar surface area (TPSA) is 61.3 Å². The predicted octanol–water partition coefficient (Wildman–Crippen LogP) is 4.01. The van der Waals surface area contributed by atoms with Crippen LogP contribution in [0.5, 0.6) is 0 Å². The first kappa shape index (κ1) is 19.5. The lowest BCUT2D eigenvalue weighted by Gasteiger charge is -2.38. The van der Waals surface area contributed by atoms with Crippen molar-refractivity contribution in [3.63, 3.8) is 0 Å². The van der Waals surface area contributed by atoms with Crippen molar-refractivity contribution in [3.8, 4) is 0 Å². The molecule has 0 aliphatic carbocycles. The molecule has 5 nitrogen and oxygen atoms in total. The van der Waals surface area contributed by atoms with Crippen LogP contribution in [0.25, 0.3) is 11.0 Å². The molecule has 0 unspecified atom stereocenters.